The van der Waals surface area contributed by atoms with E-state index in [1.807, 2.05) is 36.4 Å². The fourth-order valence-electron chi connectivity index (χ4n) is 3.98. The highest BCUT2D eigenvalue weighted by atomic mass is 16.4. The number of carbonyl (C=O) groups is 4. The van der Waals surface area contributed by atoms with Gasteiger partial charge in [0.05, 0.1) is 11.4 Å². The van der Waals surface area contributed by atoms with Gasteiger partial charge in [-0.3, -0.25) is 14.4 Å². The maximum Gasteiger partial charge on any atom is 0.326 e. The van der Waals surface area contributed by atoms with Crippen LogP contribution in [0.2, 0.25) is 0 Å². The molecule has 3 N–H and O–H groups in total. The lowest BCUT2D eigenvalue weighted by atomic mass is 10.0. The molecule has 0 radical (unpaired) electrons. The number of carboxylic acid groups (broad SMARTS) is 1. The Morgan fingerprint density at radius 1 is 0.943 bits per heavy atom. The standard InChI is InChI=1S/C27H25N3O5/c31-24-17-30(25(32)14-11-18-7-3-1-4-8-18)23-13-12-20(16-21(23)28-24)26(33)29-22(27(34)35)15-19-9-5-2-6-10-19/h1-10,12-13,16,22H,11,14-15,17H2,(H,28,31)(H,29,33)(H,34,35). The number of carboxylic acids is 1. The molecule has 8 heteroatoms. The van der Waals surface area contributed by atoms with E-state index in [4.69, 9.17) is 0 Å². The van der Waals surface area contributed by atoms with Crippen molar-refractivity contribution in [3.63, 3.8) is 0 Å². The Kier molecular flexibility index (Phi) is 7.21. The van der Waals surface area contributed by atoms with Gasteiger partial charge in [0.2, 0.25) is 11.8 Å². The summed E-state index contributed by atoms with van der Waals surface area (Å²) < 4.78 is 0. The molecular weight excluding hydrogens is 446 g/mol. The van der Waals surface area contributed by atoms with E-state index in [-0.39, 0.29) is 36.8 Å². The number of hydrogen-bond donors (Lipinski definition) is 3. The van der Waals surface area contributed by atoms with Gasteiger partial charge in [-0.1, -0.05) is 60.7 Å². The summed E-state index contributed by atoms with van der Waals surface area (Å²) in [5, 5.41) is 14.8. The molecule has 4 rings (SSSR count). The molecule has 3 amide bonds. The summed E-state index contributed by atoms with van der Waals surface area (Å²) in [7, 11) is 0. The van der Waals surface area contributed by atoms with Crippen LogP contribution in [0.1, 0.15) is 27.9 Å². The van der Waals surface area contributed by atoms with E-state index in [1.54, 1.807) is 30.3 Å². The molecule has 1 aliphatic heterocycles. The van der Waals surface area contributed by atoms with Crippen LogP contribution in [-0.4, -0.2) is 41.4 Å². The van der Waals surface area contributed by atoms with Gasteiger partial charge < -0.3 is 20.6 Å². The highest BCUT2D eigenvalue weighted by molar-refractivity contribution is 6.11. The highest BCUT2D eigenvalue weighted by Gasteiger charge is 2.28. The van der Waals surface area contributed by atoms with E-state index < -0.39 is 17.9 Å². The molecule has 8 nitrogen and oxygen atoms in total. The first-order chi connectivity index (χ1) is 16.9. The number of benzene rings is 3. The molecule has 0 aliphatic carbocycles. The van der Waals surface area contributed by atoms with Gasteiger partial charge in [0, 0.05) is 18.4 Å². The third-order valence-electron chi connectivity index (χ3n) is 5.78. The maximum atomic E-state index is 12.9. The van der Waals surface area contributed by atoms with Crippen LogP contribution in [0, 0.1) is 0 Å². The molecule has 0 saturated heterocycles. The van der Waals surface area contributed by atoms with E-state index in [9.17, 15) is 24.3 Å². The minimum absolute atomic E-state index is 0.107. The van der Waals surface area contributed by atoms with Crippen LogP contribution in [0.5, 0.6) is 0 Å². The molecule has 1 unspecified atom stereocenters. The van der Waals surface area contributed by atoms with Crippen molar-refractivity contribution in [2.75, 3.05) is 16.8 Å². The number of fused-ring (bicyclic) bond motifs is 1. The summed E-state index contributed by atoms with van der Waals surface area (Å²) in [6.07, 6.45) is 0.914. The first-order valence-electron chi connectivity index (χ1n) is 11.3. The predicted molar refractivity (Wildman–Crippen MR) is 131 cm³/mol. The second-order valence-corrected chi connectivity index (χ2v) is 8.30. The Bertz CT molecular complexity index is 1240. The molecule has 0 fully saturated rings. The van der Waals surface area contributed by atoms with Crippen LogP contribution in [0.15, 0.2) is 78.9 Å². The quantitative estimate of drug-likeness (QED) is 0.467. The Labute approximate surface area is 202 Å². The van der Waals surface area contributed by atoms with Crippen LogP contribution >= 0.6 is 0 Å². The van der Waals surface area contributed by atoms with E-state index >= 15 is 0 Å². The molecule has 0 aromatic heterocycles. The largest absolute Gasteiger partial charge is 0.480 e. The summed E-state index contributed by atoms with van der Waals surface area (Å²) in [6.45, 7) is -0.107. The fraction of sp³-hybridized carbons (Fsp3) is 0.185. The van der Waals surface area contributed by atoms with E-state index in [1.165, 1.54) is 17.0 Å². The summed E-state index contributed by atoms with van der Waals surface area (Å²) in [6, 6.07) is 22.1. The Morgan fingerprint density at radius 3 is 2.26 bits per heavy atom. The molecule has 0 saturated carbocycles. The molecular formula is C27H25N3O5. The molecule has 1 atom stereocenters. The second-order valence-electron chi connectivity index (χ2n) is 8.30. The zero-order chi connectivity index (χ0) is 24.8. The molecule has 3 aromatic carbocycles. The van der Waals surface area contributed by atoms with E-state index in [2.05, 4.69) is 10.6 Å². The van der Waals surface area contributed by atoms with Gasteiger partial charge in [0.15, 0.2) is 0 Å². The number of rotatable bonds is 8. The van der Waals surface area contributed by atoms with Crippen LogP contribution in [-0.2, 0) is 27.2 Å². The predicted octanol–water partition coefficient (Wildman–Crippen LogP) is 3.03. The van der Waals surface area contributed by atoms with E-state index in [0.717, 1.165) is 11.1 Å². The minimum Gasteiger partial charge on any atom is -0.480 e. The molecule has 3 aromatic rings. The van der Waals surface area contributed by atoms with Crippen molar-refractivity contribution in [2.45, 2.75) is 25.3 Å². The maximum absolute atomic E-state index is 12.9. The number of aryl methyl sites for hydroxylation is 1. The third-order valence-corrected chi connectivity index (χ3v) is 5.78. The van der Waals surface area contributed by atoms with Gasteiger partial charge >= 0.3 is 5.97 Å². The summed E-state index contributed by atoms with van der Waals surface area (Å²) in [4.78, 5) is 51.1. The van der Waals surface area contributed by atoms with Crippen molar-refractivity contribution in [3.8, 4) is 0 Å². The second kappa shape index (κ2) is 10.6. The topological polar surface area (TPSA) is 116 Å². The van der Waals surface area contributed by atoms with Gasteiger partial charge in [-0.2, -0.15) is 0 Å². The number of aliphatic carboxylic acids is 1. The van der Waals surface area contributed by atoms with Gasteiger partial charge in [0.1, 0.15) is 12.6 Å². The van der Waals surface area contributed by atoms with Crippen molar-refractivity contribution in [3.05, 3.63) is 95.6 Å². The lowest BCUT2D eigenvalue weighted by Gasteiger charge is -2.29. The smallest absolute Gasteiger partial charge is 0.326 e. The highest BCUT2D eigenvalue weighted by Crippen LogP contribution is 2.31. The average molecular weight is 472 g/mol. The number of carbonyl (C=O) groups excluding carboxylic acids is 3. The van der Waals surface area contributed by atoms with Gasteiger partial charge in [0.25, 0.3) is 5.91 Å². The molecule has 35 heavy (non-hydrogen) atoms. The van der Waals surface area contributed by atoms with Crippen LogP contribution in [0.3, 0.4) is 0 Å². The Balaban J connectivity index is 1.48. The summed E-state index contributed by atoms with van der Waals surface area (Å²) >= 11 is 0. The summed E-state index contributed by atoms with van der Waals surface area (Å²) in [5.74, 6) is -2.30. The Morgan fingerprint density at radius 2 is 1.60 bits per heavy atom. The molecule has 0 spiro atoms. The number of amides is 3. The monoisotopic (exact) mass is 471 g/mol. The average Bonchev–Trinajstić information content (AvgIpc) is 2.87. The van der Waals surface area contributed by atoms with Crippen LogP contribution in [0.4, 0.5) is 11.4 Å². The number of anilines is 2. The number of nitrogens with one attached hydrogen (secondary N) is 2. The van der Waals surface area contributed by atoms with Crippen LogP contribution < -0.4 is 15.5 Å². The Hall–Kier alpha value is -4.46. The first-order valence-corrected chi connectivity index (χ1v) is 11.3. The zero-order valence-electron chi connectivity index (χ0n) is 18.9. The molecule has 0 bridgehead atoms. The zero-order valence-corrected chi connectivity index (χ0v) is 18.9. The van der Waals surface area contributed by atoms with Crippen molar-refractivity contribution >= 4 is 35.1 Å². The van der Waals surface area contributed by atoms with Crippen molar-refractivity contribution < 1.29 is 24.3 Å². The SMILES string of the molecule is O=C1CN(C(=O)CCc2ccccc2)c2ccc(C(=O)NC(Cc3ccccc3)C(=O)O)cc2N1. The van der Waals surface area contributed by atoms with Crippen molar-refractivity contribution in [1.29, 1.82) is 0 Å². The van der Waals surface area contributed by atoms with Gasteiger partial charge in [-0.25, -0.2) is 4.79 Å². The third kappa shape index (κ3) is 5.92. The first kappa shape index (κ1) is 23.7. The van der Waals surface area contributed by atoms with Crippen molar-refractivity contribution in [2.24, 2.45) is 0 Å². The number of nitrogens with zero attached hydrogens (tertiary/aromatic N) is 1. The van der Waals surface area contributed by atoms with Crippen LogP contribution in [0.25, 0.3) is 0 Å². The van der Waals surface area contributed by atoms with Gasteiger partial charge in [-0.05, 0) is 35.7 Å². The molecule has 178 valence electrons. The summed E-state index contributed by atoms with van der Waals surface area (Å²) in [5.41, 5.74) is 2.82. The fourth-order valence-corrected chi connectivity index (χ4v) is 3.98. The number of hydrogen-bond acceptors (Lipinski definition) is 4. The lowest BCUT2D eigenvalue weighted by Crippen LogP contribution is -2.43. The normalized spacial score (nSPS) is 13.4. The molecule has 1 heterocycles. The minimum atomic E-state index is -1.15. The van der Waals surface area contributed by atoms with Gasteiger partial charge in [-0.15, -0.1) is 0 Å². The molecule has 1 aliphatic rings. The van der Waals surface area contributed by atoms with Crippen molar-refractivity contribution in [1.82, 2.24) is 5.32 Å². The van der Waals surface area contributed by atoms with E-state index in [0.29, 0.717) is 17.8 Å². The lowest BCUT2D eigenvalue weighted by molar-refractivity contribution is -0.139.